The van der Waals surface area contributed by atoms with Crippen LogP contribution < -0.4 is 15.7 Å². The van der Waals surface area contributed by atoms with Gasteiger partial charge in [-0.2, -0.15) is 0 Å². The molecule has 13 rings (SSSR count). The molecule has 0 bridgehead atoms. The highest BCUT2D eigenvalue weighted by Gasteiger charge is 2.48. The van der Waals surface area contributed by atoms with E-state index in [-0.39, 0.29) is 33.9 Å². The first-order valence-corrected chi connectivity index (χ1v) is 24.1. The maximum absolute atomic E-state index is 6.58. The number of furan rings is 1. The van der Waals surface area contributed by atoms with Crippen LogP contribution in [0.25, 0.3) is 71.7 Å². The summed E-state index contributed by atoms with van der Waals surface area (Å²) in [7, 11) is 0. The van der Waals surface area contributed by atoms with Gasteiger partial charge in [0, 0.05) is 49.6 Å². The lowest BCUT2D eigenvalue weighted by Gasteiger charge is -2.43. The Balaban J connectivity index is 1.18. The fourth-order valence-electron chi connectivity index (χ4n) is 12.9. The van der Waals surface area contributed by atoms with Crippen molar-refractivity contribution in [2.24, 2.45) is 0 Å². The highest BCUT2D eigenvalue weighted by atomic mass is 16.3. The fraction of sp³-hybridized carbons (Fsp3) is 0.311. The quantitative estimate of drug-likeness (QED) is 0.154. The van der Waals surface area contributed by atoms with E-state index in [9.17, 15) is 0 Å². The molecule has 4 heteroatoms. The molecule has 0 spiro atoms. The van der Waals surface area contributed by atoms with Crippen LogP contribution in [0.15, 0.2) is 120 Å². The average Bonchev–Trinajstić information content (AvgIpc) is 3.88. The van der Waals surface area contributed by atoms with Gasteiger partial charge in [0.05, 0.1) is 11.0 Å². The Bertz CT molecular complexity index is 3600. The van der Waals surface area contributed by atoms with Crippen molar-refractivity contribution in [3.05, 3.63) is 149 Å². The van der Waals surface area contributed by atoms with E-state index in [4.69, 9.17) is 4.42 Å². The van der Waals surface area contributed by atoms with Crippen LogP contribution in [0.2, 0.25) is 0 Å². The summed E-state index contributed by atoms with van der Waals surface area (Å²) in [5, 5.41) is 4.91. The van der Waals surface area contributed by atoms with Gasteiger partial charge in [-0.1, -0.05) is 144 Å². The van der Waals surface area contributed by atoms with E-state index >= 15 is 0 Å². The summed E-state index contributed by atoms with van der Waals surface area (Å²) >= 11 is 0. The predicted octanol–water partition coefficient (Wildman–Crippen LogP) is 15.2. The number of hydrogen-bond donors (Lipinski definition) is 0. The van der Waals surface area contributed by atoms with E-state index in [0.717, 1.165) is 11.2 Å². The third-order valence-electron chi connectivity index (χ3n) is 16.8. The monoisotopic (exact) mass is 846 g/mol. The van der Waals surface area contributed by atoms with Crippen molar-refractivity contribution in [3.8, 4) is 27.9 Å². The van der Waals surface area contributed by atoms with Crippen LogP contribution in [0.1, 0.15) is 129 Å². The number of nitrogens with zero attached hydrogens (tertiary/aromatic N) is 2. The van der Waals surface area contributed by atoms with Gasteiger partial charge in [0.2, 0.25) is 0 Å². The number of benzene rings is 7. The van der Waals surface area contributed by atoms with Crippen LogP contribution in [0.5, 0.6) is 0 Å². The van der Waals surface area contributed by atoms with Gasteiger partial charge in [-0.15, -0.1) is 0 Å². The largest absolute Gasteiger partial charge is 0.456 e. The zero-order valence-electron chi connectivity index (χ0n) is 40.3. The molecule has 4 heterocycles. The number of para-hydroxylation sites is 1. The van der Waals surface area contributed by atoms with E-state index in [2.05, 4.69) is 208 Å². The summed E-state index contributed by atoms with van der Waals surface area (Å²) < 4.78 is 9.19. The molecule has 0 amide bonds. The minimum Gasteiger partial charge on any atom is -0.456 e. The summed E-state index contributed by atoms with van der Waals surface area (Å²) in [6, 6.07) is 45.3. The van der Waals surface area contributed by atoms with E-state index < -0.39 is 0 Å². The lowest BCUT2D eigenvalue weighted by molar-refractivity contribution is 0.331. The molecular formula is C61H59BN2O. The number of aromatic nitrogens is 1. The van der Waals surface area contributed by atoms with E-state index in [1.165, 1.54) is 129 Å². The topological polar surface area (TPSA) is 21.3 Å². The summed E-state index contributed by atoms with van der Waals surface area (Å²) in [6.45, 7) is 28.8. The molecule has 7 aromatic carbocycles. The Morgan fingerprint density at radius 1 is 0.523 bits per heavy atom. The molecule has 0 radical (unpaired) electrons. The standard InChI is InChI=1S/C61H59BN2O/c1-57(2,3)34-17-20-36(21-18-34)64-50-33-44-40(41-31-45-46(32-43(41)61(44,11)12)60(9,10)28-27-59(45,7)8)30-42(50)37-22-23-39-53-49(25-26-52-54(53)38-15-13-14-16-51(38)65-52)63-48-24-19-35(58(4,5)6)29-47(48)62(64)55(37)56(39)63/h13-26,29-33H,27-28H2,1-12H3. The van der Waals surface area contributed by atoms with E-state index in [1.54, 1.807) is 0 Å². The molecule has 0 saturated carbocycles. The zero-order chi connectivity index (χ0) is 45.1. The molecule has 9 aromatic rings. The molecule has 0 N–H and O–H groups in total. The van der Waals surface area contributed by atoms with Crippen LogP contribution >= 0.6 is 0 Å². The van der Waals surface area contributed by atoms with Gasteiger partial charge >= 0.3 is 6.85 Å². The highest BCUT2D eigenvalue weighted by molar-refractivity contribution is 6.93. The normalized spacial score (nSPS) is 17.4. The minimum atomic E-state index is -0.173. The Kier molecular flexibility index (Phi) is 7.43. The summed E-state index contributed by atoms with van der Waals surface area (Å²) in [4.78, 5) is 2.73. The summed E-state index contributed by atoms with van der Waals surface area (Å²) in [5.41, 5.74) is 25.1. The second-order valence-corrected chi connectivity index (χ2v) is 24.0. The first kappa shape index (κ1) is 39.4. The Labute approximate surface area is 384 Å². The summed E-state index contributed by atoms with van der Waals surface area (Å²) in [6.07, 6.45) is 2.41. The molecule has 2 aromatic heterocycles. The van der Waals surface area contributed by atoms with Crippen molar-refractivity contribution in [1.82, 2.24) is 4.57 Å². The molecule has 0 atom stereocenters. The molecule has 0 fully saturated rings. The van der Waals surface area contributed by atoms with Crippen LogP contribution in [0.3, 0.4) is 0 Å². The Morgan fingerprint density at radius 3 is 1.91 bits per heavy atom. The molecule has 3 nitrogen and oxygen atoms in total. The molecule has 2 aliphatic heterocycles. The predicted molar refractivity (Wildman–Crippen MR) is 277 cm³/mol. The first-order chi connectivity index (χ1) is 30.7. The van der Waals surface area contributed by atoms with E-state index in [0.29, 0.717) is 0 Å². The number of anilines is 2. The Hall–Kier alpha value is -6.00. The van der Waals surface area contributed by atoms with Gasteiger partial charge in [0.1, 0.15) is 11.2 Å². The minimum absolute atomic E-state index is 0.0323. The van der Waals surface area contributed by atoms with Crippen molar-refractivity contribution >= 4 is 72.9 Å². The first-order valence-electron chi connectivity index (χ1n) is 24.1. The van der Waals surface area contributed by atoms with Crippen molar-refractivity contribution in [3.63, 3.8) is 0 Å². The second-order valence-electron chi connectivity index (χ2n) is 24.0. The molecule has 65 heavy (non-hydrogen) atoms. The van der Waals surface area contributed by atoms with Crippen molar-refractivity contribution < 1.29 is 4.42 Å². The molecular weight excluding hydrogens is 787 g/mol. The van der Waals surface area contributed by atoms with Crippen molar-refractivity contribution in [2.75, 3.05) is 4.81 Å². The zero-order valence-corrected chi connectivity index (χ0v) is 40.3. The van der Waals surface area contributed by atoms with Crippen molar-refractivity contribution in [2.45, 2.75) is 123 Å². The van der Waals surface area contributed by atoms with Gasteiger partial charge in [-0.25, -0.2) is 0 Å². The molecule has 0 saturated heterocycles. The highest BCUT2D eigenvalue weighted by Crippen LogP contribution is 2.58. The van der Waals surface area contributed by atoms with Crippen LogP contribution in [-0.2, 0) is 27.1 Å². The summed E-state index contributed by atoms with van der Waals surface area (Å²) in [5.74, 6) is 0. The van der Waals surface area contributed by atoms with Gasteiger partial charge < -0.3 is 13.8 Å². The second kappa shape index (κ2) is 12.3. The van der Waals surface area contributed by atoms with Crippen LogP contribution in [-0.4, -0.2) is 11.4 Å². The fourth-order valence-corrected chi connectivity index (χ4v) is 12.9. The maximum Gasteiger partial charge on any atom is 0.333 e. The smallest absolute Gasteiger partial charge is 0.333 e. The van der Waals surface area contributed by atoms with Gasteiger partial charge in [0.25, 0.3) is 0 Å². The number of fused-ring (bicyclic) bond motifs is 16. The third kappa shape index (κ3) is 5.09. The van der Waals surface area contributed by atoms with Gasteiger partial charge in [-0.3, -0.25) is 0 Å². The Morgan fingerprint density at radius 2 is 1.18 bits per heavy atom. The molecule has 2 aliphatic carbocycles. The number of rotatable bonds is 1. The molecule has 0 unspecified atom stereocenters. The van der Waals surface area contributed by atoms with Crippen LogP contribution in [0, 0.1) is 0 Å². The van der Waals surface area contributed by atoms with Crippen molar-refractivity contribution in [1.29, 1.82) is 0 Å². The lowest BCUT2D eigenvalue weighted by Crippen LogP contribution is -2.60. The lowest BCUT2D eigenvalue weighted by atomic mass is 9.43. The molecule has 4 aliphatic rings. The van der Waals surface area contributed by atoms with E-state index in [1.807, 2.05) is 0 Å². The number of hydrogen-bond acceptors (Lipinski definition) is 2. The molecule has 322 valence electrons. The van der Waals surface area contributed by atoms with Crippen LogP contribution in [0.4, 0.5) is 11.4 Å². The van der Waals surface area contributed by atoms with Gasteiger partial charge in [-0.05, 0) is 150 Å². The van der Waals surface area contributed by atoms with Gasteiger partial charge in [0.15, 0.2) is 0 Å². The third-order valence-corrected chi connectivity index (χ3v) is 16.8. The average molecular weight is 847 g/mol. The SMILES string of the molecule is CC(C)(C)c1ccc(N2B3c4cc(C(C)(C)C)ccc4-n4c5ccc6oc7ccccc7c6c5c5ccc(c3c54)-c3cc4c(cc32)C(C)(C)c2cc3c(cc2-4)C(C)(C)CCC3(C)C)cc1. The maximum atomic E-state index is 6.58.